The molecule has 84 valence electrons. The molecule has 0 saturated heterocycles. The summed E-state index contributed by atoms with van der Waals surface area (Å²) < 4.78 is 4.69. The average Bonchev–Trinajstić information content (AvgIpc) is 2.29. The Morgan fingerprint density at radius 3 is 2.62 bits per heavy atom. The largest absolute Gasteiger partial charge is 0.467 e. The zero-order chi connectivity index (χ0) is 12.0. The molecule has 0 aliphatic heterocycles. The number of methoxy groups -OCH3 is 1. The smallest absolute Gasteiger partial charge is 0.332 e. The Kier molecular flexibility index (Phi) is 3.90. The van der Waals surface area contributed by atoms with Gasteiger partial charge in [-0.2, -0.15) is 5.26 Å². The molecule has 0 saturated carbocycles. The fraction of sp³-hybridized carbons (Fsp3) is 0.333. The summed E-state index contributed by atoms with van der Waals surface area (Å²) in [6, 6.07) is 11.2. The molecule has 0 spiro atoms. The Labute approximate surface area is 94.8 Å². The fourth-order valence-electron chi connectivity index (χ4n) is 1.39. The highest BCUT2D eigenvalue weighted by molar-refractivity contribution is 5.84. The van der Waals surface area contributed by atoms with Crippen molar-refractivity contribution in [2.24, 2.45) is 0 Å². The average molecular weight is 218 g/mol. The van der Waals surface area contributed by atoms with Crippen molar-refractivity contribution in [2.75, 3.05) is 12.4 Å². The van der Waals surface area contributed by atoms with Crippen LogP contribution in [0.2, 0.25) is 0 Å². The summed E-state index contributed by atoms with van der Waals surface area (Å²) in [6.07, 6.45) is 0.0502. The van der Waals surface area contributed by atoms with Gasteiger partial charge in [0.25, 0.3) is 0 Å². The maximum absolute atomic E-state index is 11.6. The molecular formula is C12H14N2O2. The van der Waals surface area contributed by atoms with Gasteiger partial charge in [-0.05, 0) is 19.1 Å². The van der Waals surface area contributed by atoms with E-state index in [1.807, 2.05) is 36.4 Å². The molecule has 1 aromatic carbocycles. The third-order valence-electron chi connectivity index (χ3n) is 2.26. The number of nitriles is 1. The van der Waals surface area contributed by atoms with E-state index < -0.39 is 11.5 Å². The predicted octanol–water partition coefficient (Wildman–Crippen LogP) is 1.94. The molecule has 0 aliphatic rings. The first kappa shape index (κ1) is 12.1. The van der Waals surface area contributed by atoms with Gasteiger partial charge >= 0.3 is 5.97 Å². The first-order valence-corrected chi connectivity index (χ1v) is 4.91. The molecule has 1 rings (SSSR count). The number of nitrogens with one attached hydrogen (secondary N) is 1. The highest BCUT2D eigenvalue weighted by atomic mass is 16.5. The van der Waals surface area contributed by atoms with Crippen LogP contribution in [0.1, 0.15) is 13.3 Å². The molecule has 0 bridgehead atoms. The number of nitrogens with zero attached hydrogens (tertiary/aromatic N) is 1. The minimum absolute atomic E-state index is 0.0502. The van der Waals surface area contributed by atoms with Gasteiger partial charge in [0.15, 0.2) is 0 Å². The van der Waals surface area contributed by atoms with Crippen molar-refractivity contribution in [3.63, 3.8) is 0 Å². The summed E-state index contributed by atoms with van der Waals surface area (Å²) in [5.74, 6) is -0.446. The summed E-state index contributed by atoms with van der Waals surface area (Å²) >= 11 is 0. The molecule has 4 heteroatoms. The van der Waals surface area contributed by atoms with E-state index in [1.54, 1.807) is 6.92 Å². The molecule has 0 heterocycles. The van der Waals surface area contributed by atoms with Gasteiger partial charge in [-0.1, -0.05) is 18.2 Å². The second kappa shape index (κ2) is 5.17. The summed E-state index contributed by atoms with van der Waals surface area (Å²) in [4.78, 5) is 11.6. The Morgan fingerprint density at radius 2 is 2.12 bits per heavy atom. The minimum atomic E-state index is -1.01. The molecule has 0 aromatic heterocycles. The predicted molar refractivity (Wildman–Crippen MR) is 60.7 cm³/mol. The van der Waals surface area contributed by atoms with Crippen molar-refractivity contribution in [3.05, 3.63) is 30.3 Å². The number of carbonyl (C=O) groups is 1. The lowest BCUT2D eigenvalue weighted by atomic mass is 9.98. The van der Waals surface area contributed by atoms with Gasteiger partial charge in [0.1, 0.15) is 5.54 Å². The monoisotopic (exact) mass is 218 g/mol. The first-order valence-electron chi connectivity index (χ1n) is 4.91. The van der Waals surface area contributed by atoms with E-state index in [-0.39, 0.29) is 6.42 Å². The van der Waals surface area contributed by atoms with Crippen LogP contribution >= 0.6 is 0 Å². The van der Waals surface area contributed by atoms with Crippen molar-refractivity contribution in [2.45, 2.75) is 18.9 Å². The Bertz CT molecular complexity index is 397. The molecule has 1 N–H and O–H groups in total. The third-order valence-corrected chi connectivity index (χ3v) is 2.26. The van der Waals surface area contributed by atoms with Crippen LogP contribution in [0, 0.1) is 11.3 Å². The molecule has 1 unspecified atom stereocenters. The highest BCUT2D eigenvalue weighted by Crippen LogP contribution is 2.19. The number of para-hydroxylation sites is 1. The number of hydrogen-bond acceptors (Lipinski definition) is 4. The summed E-state index contributed by atoms with van der Waals surface area (Å²) in [5, 5.41) is 11.7. The van der Waals surface area contributed by atoms with Crippen LogP contribution in [-0.2, 0) is 9.53 Å². The SMILES string of the molecule is COC(=O)C(C)(CC#N)Nc1ccccc1. The zero-order valence-corrected chi connectivity index (χ0v) is 9.36. The van der Waals surface area contributed by atoms with Crippen LogP contribution in [0.15, 0.2) is 30.3 Å². The van der Waals surface area contributed by atoms with E-state index in [1.165, 1.54) is 7.11 Å². The molecule has 0 radical (unpaired) electrons. The van der Waals surface area contributed by atoms with E-state index in [9.17, 15) is 4.79 Å². The number of benzene rings is 1. The van der Waals surface area contributed by atoms with E-state index >= 15 is 0 Å². The number of rotatable bonds is 4. The number of ether oxygens (including phenoxy) is 1. The van der Waals surface area contributed by atoms with Crippen LogP contribution in [0.3, 0.4) is 0 Å². The lowest BCUT2D eigenvalue weighted by Gasteiger charge is -2.26. The Balaban J connectivity index is 2.88. The van der Waals surface area contributed by atoms with Crippen LogP contribution in [0.4, 0.5) is 5.69 Å². The van der Waals surface area contributed by atoms with E-state index in [0.717, 1.165) is 5.69 Å². The summed E-state index contributed by atoms with van der Waals surface area (Å²) in [5.41, 5.74) is -0.226. The van der Waals surface area contributed by atoms with Gasteiger partial charge < -0.3 is 10.1 Å². The van der Waals surface area contributed by atoms with Crippen LogP contribution in [-0.4, -0.2) is 18.6 Å². The third kappa shape index (κ3) is 2.74. The highest BCUT2D eigenvalue weighted by Gasteiger charge is 2.34. The number of carbonyl (C=O) groups excluding carboxylic acids is 1. The molecule has 4 nitrogen and oxygen atoms in total. The Morgan fingerprint density at radius 1 is 1.50 bits per heavy atom. The Hall–Kier alpha value is -2.02. The van der Waals surface area contributed by atoms with Gasteiger partial charge in [0.05, 0.1) is 19.6 Å². The van der Waals surface area contributed by atoms with Gasteiger partial charge in [0, 0.05) is 5.69 Å². The van der Waals surface area contributed by atoms with Crippen molar-refractivity contribution < 1.29 is 9.53 Å². The van der Waals surface area contributed by atoms with Gasteiger partial charge in [0.2, 0.25) is 0 Å². The fourth-order valence-corrected chi connectivity index (χ4v) is 1.39. The first-order chi connectivity index (χ1) is 7.62. The van der Waals surface area contributed by atoms with E-state index in [4.69, 9.17) is 5.26 Å². The molecular weight excluding hydrogens is 204 g/mol. The van der Waals surface area contributed by atoms with Crippen LogP contribution < -0.4 is 5.32 Å². The lowest BCUT2D eigenvalue weighted by molar-refractivity contribution is -0.145. The molecule has 1 aromatic rings. The lowest BCUT2D eigenvalue weighted by Crippen LogP contribution is -2.44. The molecule has 0 aliphatic carbocycles. The molecule has 0 fully saturated rings. The second-order valence-corrected chi connectivity index (χ2v) is 3.65. The molecule has 16 heavy (non-hydrogen) atoms. The quantitative estimate of drug-likeness (QED) is 0.784. The summed E-state index contributed by atoms with van der Waals surface area (Å²) in [6.45, 7) is 1.65. The van der Waals surface area contributed by atoms with Crippen LogP contribution in [0.5, 0.6) is 0 Å². The standard InChI is InChI=1S/C12H14N2O2/c1-12(8-9-13,11(15)16-2)14-10-6-4-3-5-7-10/h3-7,14H,8H2,1-2H3. The second-order valence-electron chi connectivity index (χ2n) is 3.65. The number of anilines is 1. The minimum Gasteiger partial charge on any atom is -0.467 e. The van der Waals surface area contributed by atoms with Crippen molar-refractivity contribution in [1.29, 1.82) is 5.26 Å². The zero-order valence-electron chi connectivity index (χ0n) is 9.36. The van der Waals surface area contributed by atoms with Crippen molar-refractivity contribution in [1.82, 2.24) is 0 Å². The maximum atomic E-state index is 11.6. The van der Waals surface area contributed by atoms with Gasteiger partial charge in [-0.25, -0.2) is 4.79 Å². The number of esters is 1. The van der Waals surface area contributed by atoms with E-state index in [2.05, 4.69) is 10.1 Å². The van der Waals surface area contributed by atoms with Crippen molar-refractivity contribution >= 4 is 11.7 Å². The van der Waals surface area contributed by atoms with Gasteiger partial charge in [-0.15, -0.1) is 0 Å². The molecule has 1 atom stereocenters. The van der Waals surface area contributed by atoms with Gasteiger partial charge in [-0.3, -0.25) is 0 Å². The maximum Gasteiger partial charge on any atom is 0.332 e. The number of hydrogen-bond donors (Lipinski definition) is 1. The van der Waals surface area contributed by atoms with Crippen molar-refractivity contribution in [3.8, 4) is 6.07 Å². The topological polar surface area (TPSA) is 62.1 Å². The van der Waals surface area contributed by atoms with E-state index in [0.29, 0.717) is 0 Å². The van der Waals surface area contributed by atoms with Crippen LogP contribution in [0.25, 0.3) is 0 Å². The normalized spacial score (nSPS) is 13.3. The summed E-state index contributed by atoms with van der Waals surface area (Å²) in [7, 11) is 1.31. The molecule has 0 amide bonds.